The van der Waals surface area contributed by atoms with Gasteiger partial charge in [0.05, 0.1) is 36.7 Å². The molecule has 1 aromatic carbocycles. The molecule has 0 bridgehead atoms. The predicted octanol–water partition coefficient (Wildman–Crippen LogP) is 4.65. The summed E-state index contributed by atoms with van der Waals surface area (Å²) in [4.78, 5) is 32.4. The van der Waals surface area contributed by atoms with E-state index in [1.165, 1.54) is 11.2 Å². The van der Waals surface area contributed by atoms with E-state index in [1.54, 1.807) is 41.8 Å². The van der Waals surface area contributed by atoms with Crippen LogP contribution in [0.4, 0.5) is 0 Å². The summed E-state index contributed by atoms with van der Waals surface area (Å²) in [5, 5.41) is 11.5. The molecule has 1 saturated heterocycles. The molecule has 0 aliphatic carbocycles. The summed E-state index contributed by atoms with van der Waals surface area (Å²) >= 11 is 0. The number of ether oxygens (including phenoxy) is 1. The van der Waals surface area contributed by atoms with Crippen LogP contribution in [0.3, 0.4) is 0 Å². The van der Waals surface area contributed by atoms with Crippen molar-refractivity contribution >= 4 is 23.1 Å². The van der Waals surface area contributed by atoms with Gasteiger partial charge in [-0.05, 0) is 55.3 Å². The molecular formula is C27H25N3O5. The smallest absolute Gasteiger partial charge is 0.296 e. The number of fused-ring (bicyclic) bond motifs is 1. The zero-order valence-electron chi connectivity index (χ0n) is 19.5. The first-order valence-corrected chi connectivity index (χ1v) is 11.5. The van der Waals surface area contributed by atoms with Crippen molar-refractivity contribution in [2.24, 2.45) is 0 Å². The maximum Gasteiger partial charge on any atom is 0.296 e. The largest absolute Gasteiger partial charge is 0.505 e. The van der Waals surface area contributed by atoms with E-state index >= 15 is 0 Å². The van der Waals surface area contributed by atoms with E-state index < -0.39 is 17.7 Å². The number of aliphatic hydroxyl groups is 1. The van der Waals surface area contributed by atoms with Gasteiger partial charge in [0.15, 0.2) is 5.76 Å². The first-order valence-electron chi connectivity index (χ1n) is 11.5. The molecule has 4 heterocycles. The molecular weight excluding hydrogens is 446 g/mol. The highest BCUT2D eigenvalue weighted by molar-refractivity contribution is 6.46. The number of ketones is 1. The monoisotopic (exact) mass is 471 g/mol. The van der Waals surface area contributed by atoms with Crippen molar-refractivity contribution in [3.8, 4) is 5.75 Å². The second kappa shape index (κ2) is 9.13. The summed E-state index contributed by atoms with van der Waals surface area (Å²) in [6.45, 7) is 4.46. The van der Waals surface area contributed by atoms with E-state index in [-0.39, 0.29) is 17.9 Å². The van der Waals surface area contributed by atoms with Crippen molar-refractivity contribution in [1.82, 2.24) is 14.3 Å². The number of aromatic nitrogens is 2. The third-order valence-corrected chi connectivity index (χ3v) is 6.04. The maximum atomic E-state index is 13.3. The van der Waals surface area contributed by atoms with Gasteiger partial charge in [-0.3, -0.25) is 14.0 Å². The van der Waals surface area contributed by atoms with Crippen molar-refractivity contribution in [2.75, 3.05) is 6.61 Å². The van der Waals surface area contributed by atoms with Crippen molar-refractivity contribution < 1.29 is 23.8 Å². The van der Waals surface area contributed by atoms with Gasteiger partial charge in [-0.15, -0.1) is 0 Å². The molecule has 1 N–H and O–H groups in total. The van der Waals surface area contributed by atoms with Gasteiger partial charge in [-0.1, -0.05) is 25.1 Å². The fourth-order valence-electron chi connectivity index (χ4n) is 4.45. The van der Waals surface area contributed by atoms with Gasteiger partial charge in [0.1, 0.15) is 22.9 Å². The molecule has 8 nitrogen and oxygen atoms in total. The van der Waals surface area contributed by atoms with Gasteiger partial charge >= 0.3 is 0 Å². The number of carbonyl (C=O) groups excluding carboxylic acids is 2. The first kappa shape index (κ1) is 22.5. The molecule has 1 unspecified atom stereocenters. The normalized spacial score (nSPS) is 17.4. The van der Waals surface area contributed by atoms with Crippen LogP contribution in [0, 0.1) is 6.92 Å². The molecule has 5 rings (SSSR count). The zero-order valence-corrected chi connectivity index (χ0v) is 19.5. The number of imidazole rings is 1. The molecule has 0 spiro atoms. The van der Waals surface area contributed by atoms with Crippen molar-refractivity contribution in [1.29, 1.82) is 0 Å². The Balaban J connectivity index is 1.66. The number of nitrogens with zero attached hydrogens (tertiary/aromatic N) is 3. The number of rotatable bonds is 7. The number of pyridine rings is 1. The van der Waals surface area contributed by atoms with Crippen LogP contribution in [0.25, 0.3) is 11.4 Å². The molecule has 8 heteroatoms. The highest BCUT2D eigenvalue weighted by Crippen LogP contribution is 2.41. The number of likely N-dealkylation sites (tertiary alicyclic amines) is 1. The molecule has 178 valence electrons. The Bertz CT molecular complexity index is 1420. The topological polar surface area (TPSA) is 97.3 Å². The minimum atomic E-state index is -0.811. The van der Waals surface area contributed by atoms with Crippen molar-refractivity contribution in [3.05, 3.63) is 95.3 Å². The fourth-order valence-corrected chi connectivity index (χ4v) is 4.45. The van der Waals surface area contributed by atoms with E-state index in [4.69, 9.17) is 9.15 Å². The Morgan fingerprint density at radius 3 is 2.63 bits per heavy atom. The number of aryl methyl sites for hydroxylation is 1. The second-order valence-corrected chi connectivity index (χ2v) is 8.40. The van der Waals surface area contributed by atoms with Crippen LogP contribution in [0.15, 0.2) is 77.0 Å². The summed E-state index contributed by atoms with van der Waals surface area (Å²) in [6.07, 6.45) is 4.16. The molecule has 1 aliphatic rings. The van der Waals surface area contributed by atoms with Crippen LogP contribution in [0.5, 0.6) is 5.75 Å². The van der Waals surface area contributed by atoms with Gasteiger partial charge in [-0.2, -0.15) is 0 Å². The first-order chi connectivity index (χ1) is 17.0. The van der Waals surface area contributed by atoms with E-state index in [0.29, 0.717) is 40.7 Å². The third kappa shape index (κ3) is 3.97. The zero-order chi connectivity index (χ0) is 24.5. The Morgan fingerprint density at radius 1 is 1.11 bits per heavy atom. The van der Waals surface area contributed by atoms with Crippen LogP contribution in [0.2, 0.25) is 0 Å². The number of Topliss-reactive ketones (excluding diaryl/α,β-unsaturated/α-hetero) is 1. The van der Waals surface area contributed by atoms with Crippen LogP contribution in [0.1, 0.15) is 42.1 Å². The lowest BCUT2D eigenvalue weighted by Gasteiger charge is -2.24. The number of benzene rings is 1. The van der Waals surface area contributed by atoms with Gasteiger partial charge in [0.2, 0.25) is 0 Å². The number of carbonyl (C=O) groups is 2. The summed E-state index contributed by atoms with van der Waals surface area (Å²) in [7, 11) is 0. The summed E-state index contributed by atoms with van der Waals surface area (Å²) in [6, 6.07) is 15.4. The van der Waals surface area contributed by atoms with Gasteiger partial charge in [0, 0.05) is 6.20 Å². The number of hydrogen-bond donors (Lipinski definition) is 1. The number of hydrogen-bond acceptors (Lipinski definition) is 6. The van der Waals surface area contributed by atoms with Crippen LogP contribution < -0.4 is 4.74 Å². The minimum Gasteiger partial charge on any atom is -0.505 e. The second-order valence-electron chi connectivity index (χ2n) is 8.40. The molecule has 1 atom stereocenters. The van der Waals surface area contributed by atoms with Crippen LogP contribution in [-0.2, 0) is 16.1 Å². The molecule has 3 aromatic heterocycles. The molecule has 1 aliphatic heterocycles. The molecule has 35 heavy (non-hydrogen) atoms. The maximum absolute atomic E-state index is 13.3. The van der Waals surface area contributed by atoms with Crippen LogP contribution in [-0.4, -0.2) is 37.7 Å². The standard InChI is InChI=1S/C27H25N3O5/c1-3-14-34-19-11-9-18(10-12-19)24-22(26(32)27(33)30(24)16-20-7-6-15-35-20)25(31)23-17(2)28-21-8-4-5-13-29(21)23/h4-13,15,24,31H,3,14,16H2,1-2H3. The Hall–Kier alpha value is -4.33. The lowest BCUT2D eigenvalue weighted by Crippen LogP contribution is -2.29. The average Bonchev–Trinajstić information content (AvgIpc) is 3.56. The third-order valence-electron chi connectivity index (χ3n) is 6.04. The Labute approximate surface area is 202 Å². The highest BCUT2D eigenvalue weighted by atomic mass is 16.5. The van der Waals surface area contributed by atoms with E-state index in [0.717, 1.165) is 6.42 Å². The molecule has 0 saturated carbocycles. The SMILES string of the molecule is CCCOc1ccc(C2C(=C(O)c3c(C)nc4ccccn34)C(=O)C(=O)N2Cc2ccco2)cc1. The lowest BCUT2D eigenvalue weighted by molar-refractivity contribution is -0.140. The van der Waals surface area contributed by atoms with E-state index in [2.05, 4.69) is 4.98 Å². The minimum absolute atomic E-state index is 0.0116. The van der Waals surface area contributed by atoms with Crippen molar-refractivity contribution in [2.45, 2.75) is 32.9 Å². The van der Waals surface area contributed by atoms with Gasteiger partial charge in [-0.25, -0.2) is 4.98 Å². The Morgan fingerprint density at radius 2 is 1.91 bits per heavy atom. The van der Waals surface area contributed by atoms with E-state index in [9.17, 15) is 14.7 Å². The highest BCUT2D eigenvalue weighted by Gasteiger charge is 2.47. The number of aliphatic hydroxyl groups excluding tert-OH is 1. The number of amides is 1. The molecule has 0 radical (unpaired) electrons. The predicted molar refractivity (Wildman–Crippen MR) is 129 cm³/mol. The van der Waals surface area contributed by atoms with E-state index in [1.807, 2.05) is 37.3 Å². The fraction of sp³-hybridized carbons (Fsp3) is 0.222. The van der Waals surface area contributed by atoms with Crippen molar-refractivity contribution in [3.63, 3.8) is 0 Å². The molecule has 1 amide bonds. The summed E-state index contributed by atoms with van der Waals surface area (Å²) in [5.74, 6) is -0.499. The average molecular weight is 472 g/mol. The summed E-state index contributed by atoms with van der Waals surface area (Å²) < 4.78 is 12.9. The lowest BCUT2D eigenvalue weighted by atomic mass is 9.96. The summed E-state index contributed by atoms with van der Waals surface area (Å²) in [5.41, 5.74) is 2.24. The quantitative estimate of drug-likeness (QED) is 0.239. The van der Waals surface area contributed by atoms with Gasteiger partial charge in [0.25, 0.3) is 11.7 Å². The number of furan rings is 1. The molecule has 4 aromatic rings. The van der Waals surface area contributed by atoms with Gasteiger partial charge < -0.3 is 19.2 Å². The molecule has 1 fully saturated rings. The Kier molecular flexibility index (Phi) is 5.86. The van der Waals surface area contributed by atoms with Crippen LogP contribution >= 0.6 is 0 Å².